The molecule has 2 aliphatic carbocycles. The monoisotopic (exact) mass is 399 g/mol. The lowest BCUT2D eigenvalue weighted by Crippen LogP contribution is -2.43. The number of aromatic nitrogens is 2. The molecule has 1 fully saturated rings. The average Bonchev–Trinajstić information content (AvgIpc) is 3.00. The van der Waals surface area contributed by atoms with Gasteiger partial charge in [-0.05, 0) is 61.8 Å². The van der Waals surface area contributed by atoms with Gasteiger partial charge in [0.25, 0.3) is 0 Å². The lowest BCUT2D eigenvalue weighted by Gasteiger charge is -2.40. The molecule has 1 atom stereocenters. The summed E-state index contributed by atoms with van der Waals surface area (Å²) in [7, 11) is 0. The molecule has 2 aromatic rings. The molecule has 2 aliphatic rings. The highest BCUT2D eigenvalue weighted by atomic mass is 35.5. The van der Waals surface area contributed by atoms with E-state index in [1.165, 1.54) is 17.5 Å². The first-order valence-corrected chi connectivity index (χ1v) is 10.0. The number of nitrogen functional groups attached to an aromatic ring is 1. The number of carbonyl (C=O) groups excluding carboxylic acids is 1. The molecule has 0 unspecified atom stereocenters. The molecule has 4 rings (SSSR count). The Morgan fingerprint density at radius 3 is 2.78 bits per heavy atom. The largest absolute Gasteiger partial charge is 0.397 e. The summed E-state index contributed by atoms with van der Waals surface area (Å²) in [6.45, 7) is 0. The summed E-state index contributed by atoms with van der Waals surface area (Å²) in [5, 5.41) is 10.2. The molecular weight excluding hydrogens is 382 g/mol. The van der Waals surface area contributed by atoms with Crippen molar-refractivity contribution >= 4 is 39.4 Å². The minimum Gasteiger partial charge on any atom is -0.397 e. The number of thiophene rings is 1. The summed E-state index contributed by atoms with van der Waals surface area (Å²) in [5.41, 5.74) is 14.4. The highest BCUT2D eigenvalue weighted by Gasteiger charge is 2.49. The number of rotatable bonds is 1. The maximum absolute atomic E-state index is 13.7. The van der Waals surface area contributed by atoms with E-state index in [1.807, 2.05) is 0 Å². The summed E-state index contributed by atoms with van der Waals surface area (Å²) in [4.78, 5) is 22.8. The Labute approximate surface area is 165 Å². The van der Waals surface area contributed by atoms with Gasteiger partial charge in [0.1, 0.15) is 11.1 Å². The van der Waals surface area contributed by atoms with E-state index in [-0.39, 0.29) is 11.1 Å². The van der Waals surface area contributed by atoms with Crippen LogP contribution in [0.2, 0.25) is 5.28 Å². The zero-order valence-electron chi connectivity index (χ0n) is 14.6. The number of aryl methyl sites for hydroxylation is 1. The Morgan fingerprint density at radius 2 is 2.07 bits per heavy atom. The van der Waals surface area contributed by atoms with Crippen LogP contribution in [0.5, 0.6) is 0 Å². The van der Waals surface area contributed by atoms with Crippen LogP contribution < -0.4 is 11.5 Å². The maximum atomic E-state index is 13.7. The third kappa shape index (κ3) is 2.71. The Bertz CT molecular complexity index is 1020. The summed E-state index contributed by atoms with van der Waals surface area (Å²) < 4.78 is 0. The SMILES string of the molecule is N#Cc1c(N)sc2c1[C@]1(CCCC(=C(N)c3ccnc(Cl)n3)C1=O)CCC2. The fraction of sp³-hybridized carbons (Fsp3) is 0.368. The minimum absolute atomic E-state index is 0.00349. The van der Waals surface area contributed by atoms with E-state index in [0.717, 1.165) is 29.7 Å². The molecule has 0 saturated heterocycles. The molecule has 0 aliphatic heterocycles. The van der Waals surface area contributed by atoms with Gasteiger partial charge in [0.15, 0.2) is 5.78 Å². The average molecular weight is 400 g/mol. The van der Waals surface area contributed by atoms with Crippen LogP contribution in [0.1, 0.15) is 53.8 Å². The van der Waals surface area contributed by atoms with E-state index >= 15 is 0 Å². The van der Waals surface area contributed by atoms with Crippen molar-refractivity contribution in [1.82, 2.24) is 9.97 Å². The van der Waals surface area contributed by atoms with Crippen molar-refractivity contribution in [2.45, 2.75) is 43.9 Å². The molecule has 0 radical (unpaired) electrons. The second-order valence-corrected chi connectivity index (χ2v) is 8.45. The van der Waals surface area contributed by atoms with Gasteiger partial charge >= 0.3 is 0 Å². The molecule has 138 valence electrons. The number of anilines is 1. The molecule has 0 amide bonds. The van der Waals surface area contributed by atoms with Crippen LogP contribution in [0.15, 0.2) is 17.8 Å². The fourth-order valence-electron chi connectivity index (χ4n) is 4.42. The molecular formula is C19H18ClN5OS. The van der Waals surface area contributed by atoms with Crippen molar-refractivity contribution in [3.63, 3.8) is 0 Å². The van der Waals surface area contributed by atoms with Gasteiger partial charge in [-0.2, -0.15) is 5.26 Å². The number of halogens is 1. The van der Waals surface area contributed by atoms with Crippen LogP contribution in [-0.2, 0) is 16.6 Å². The third-order valence-electron chi connectivity index (χ3n) is 5.57. The first-order valence-electron chi connectivity index (χ1n) is 8.82. The Morgan fingerprint density at radius 1 is 1.33 bits per heavy atom. The first kappa shape index (κ1) is 18.0. The number of carbonyl (C=O) groups is 1. The van der Waals surface area contributed by atoms with Gasteiger partial charge in [-0.3, -0.25) is 4.79 Å². The lowest BCUT2D eigenvalue weighted by atomic mass is 9.61. The highest BCUT2D eigenvalue weighted by Crippen LogP contribution is 2.52. The number of nitrogens with zero attached hydrogens (tertiary/aromatic N) is 3. The second kappa shape index (κ2) is 6.63. The predicted molar refractivity (Wildman–Crippen MR) is 105 cm³/mol. The van der Waals surface area contributed by atoms with Crippen LogP contribution in [0.25, 0.3) is 5.70 Å². The number of ketones is 1. The van der Waals surface area contributed by atoms with Crippen LogP contribution in [0, 0.1) is 11.3 Å². The van der Waals surface area contributed by atoms with E-state index in [1.54, 1.807) is 6.07 Å². The minimum atomic E-state index is -0.707. The number of hydrogen-bond acceptors (Lipinski definition) is 7. The number of allylic oxidation sites excluding steroid dienone is 1. The summed E-state index contributed by atoms with van der Waals surface area (Å²) in [6.07, 6.45) is 6.11. The molecule has 0 aromatic carbocycles. The maximum Gasteiger partial charge on any atom is 0.222 e. The standard InChI is InChI=1S/C19H18ClN5OS/c20-18-24-8-5-12(25-18)15(22)10-3-1-6-19(16(10)26)7-2-4-13-14(19)11(9-21)17(23)27-13/h5,8H,1-4,6-7,22-23H2/t19-/m0/s1. The molecule has 2 aromatic heterocycles. The number of hydrogen-bond donors (Lipinski definition) is 2. The van der Waals surface area contributed by atoms with E-state index in [2.05, 4.69) is 16.0 Å². The zero-order valence-corrected chi connectivity index (χ0v) is 16.2. The van der Waals surface area contributed by atoms with Crippen molar-refractivity contribution in [3.8, 4) is 6.07 Å². The fourth-order valence-corrected chi connectivity index (χ4v) is 5.73. The topological polar surface area (TPSA) is 119 Å². The zero-order chi connectivity index (χ0) is 19.2. The van der Waals surface area contributed by atoms with Crippen LogP contribution in [0.3, 0.4) is 0 Å². The van der Waals surface area contributed by atoms with Gasteiger partial charge in [-0.1, -0.05) is 0 Å². The van der Waals surface area contributed by atoms with Gasteiger partial charge in [-0.25, -0.2) is 9.97 Å². The normalized spacial score (nSPS) is 23.8. The van der Waals surface area contributed by atoms with Gasteiger partial charge in [0.2, 0.25) is 5.28 Å². The van der Waals surface area contributed by atoms with Gasteiger partial charge in [0.05, 0.1) is 22.4 Å². The highest BCUT2D eigenvalue weighted by molar-refractivity contribution is 7.16. The molecule has 0 bridgehead atoms. The van der Waals surface area contributed by atoms with Crippen molar-refractivity contribution in [3.05, 3.63) is 44.8 Å². The molecule has 27 heavy (non-hydrogen) atoms. The van der Waals surface area contributed by atoms with Crippen LogP contribution in [-0.4, -0.2) is 15.8 Å². The molecule has 2 heterocycles. The van der Waals surface area contributed by atoms with Gasteiger partial charge < -0.3 is 11.5 Å². The van der Waals surface area contributed by atoms with E-state index in [9.17, 15) is 10.1 Å². The van der Waals surface area contributed by atoms with E-state index in [0.29, 0.717) is 46.8 Å². The van der Waals surface area contributed by atoms with Crippen LogP contribution in [0.4, 0.5) is 5.00 Å². The number of nitriles is 1. The van der Waals surface area contributed by atoms with Crippen molar-refractivity contribution in [2.24, 2.45) is 5.73 Å². The molecule has 4 N–H and O–H groups in total. The van der Waals surface area contributed by atoms with E-state index in [4.69, 9.17) is 23.1 Å². The summed E-state index contributed by atoms with van der Waals surface area (Å²) in [5.74, 6) is -0.00349. The van der Waals surface area contributed by atoms with Crippen molar-refractivity contribution < 1.29 is 4.79 Å². The number of fused-ring (bicyclic) bond motifs is 2. The molecule has 1 saturated carbocycles. The quantitative estimate of drug-likeness (QED) is 0.560. The second-order valence-electron chi connectivity index (χ2n) is 6.97. The molecule has 1 spiro atoms. The summed E-state index contributed by atoms with van der Waals surface area (Å²) in [6, 6.07) is 3.88. The van der Waals surface area contributed by atoms with Gasteiger partial charge in [0, 0.05) is 16.6 Å². The van der Waals surface area contributed by atoms with Crippen LogP contribution >= 0.6 is 22.9 Å². The smallest absolute Gasteiger partial charge is 0.222 e. The predicted octanol–water partition coefficient (Wildman–Crippen LogP) is 3.34. The Balaban J connectivity index is 1.87. The molecule has 8 heteroatoms. The van der Waals surface area contributed by atoms with E-state index < -0.39 is 5.41 Å². The molecule has 6 nitrogen and oxygen atoms in total. The third-order valence-corrected chi connectivity index (χ3v) is 6.83. The van der Waals surface area contributed by atoms with Crippen molar-refractivity contribution in [2.75, 3.05) is 5.73 Å². The Hall–Kier alpha value is -2.43. The Kier molecular flexibility index (Phi) is 4.41. The van der Waals surface area contributed by atoms with Crippen molar-refractivity contribution in [1.29, 1.82) is 5.26 Å². The number of nitrogens with two attached hydrogens (primary N) is 2. The lowest BCUT2D eigenvalue weighted by molar-refractivity contribution is -0.122. The summed E-state index contributed by atoms with van der Waals surface area (Å²) >= 11 is 7.32. The number of Topliss-reactive ketones (excluding diaryl/α,β-unsaturated/α-hetero) is 1. The first-order chi connectivity index (χ1) is 13.0. The van der Waals surface area contributed by atoms with Gasteiger partial charge in [-0.15, -0.1) is 11.3 Å².